The molecular weight excluding hydrogens is 286 g/mol. The first-order valence-corrected chi connectivity index (χ1v) is 6.12. The molecule has 94 valence electrons. The zero-order valence-electron chi connectivity index (χ0n) is 9.69. The average molecular weight is 302 g/mol. The summed E-state index contributed by atoms with van der Waals surface area (Å²) in [5, 5.41) is 0. The molecule has 17 heavy (non-hydrogen) atoms. The fourth-order valence-electron chi connectivity index (χ4n) is 1.49. The lowest BCUT2D eigenvalue weighted by atomic mass is 10.0. The summed E-state index contributed by atoms with van der Waals surface area (Å²) in [7, 11) is 0. The smallest absolute Gasteiger partial charge is 0.334 e. The van der Waals surface area contributed by atoms with Crippen molar-refractivity contribution >= 4 is 22.2 Å². The molecule has 0 aliphatic rings. The Morgan fingerprint density at radius 2 is 2.18 bits per heavy atom. The number of aryl methyl sites for hydroxylation is 1. The molecule has 0 fully saturated rings. The van der Waals surface area contributed by atoms with Gasteiger partial charge in [0.15, 0.2) is 16.3 Å². The van der Waals surface area contributed by atoms with E-state index in [-0.39, 0.29) is 0 Å². The van der Waals surface area contributed by atoms with Gasteiger partial charge >= 0.3 is 5.97 Å². The number of benzene rings is 1. The molecule has 0 aliphatic heterocycles. The molecule has 0 heterocycles. The van der Waals surface area contributed by atoms with Crippen LogP contribution < -0.4 is 10.5 Å². The maximum absolute atomic E-state index is 11.1. The summed E-state index contributed by atoms with van der Waals surface area (Å²) in [4.78, 5) is 11.1. The second-order valence-electron chi connectivity index (χ2n) is 3.58. The molecule has 0 aliphatic carbocycles. The zero-order valence-corrected chi connectivity index (χ0v) is 11.3. The Hall–Kier alpha value is -1.07. The maximum atomic E-state index is 11.1. The second-order valence-corrected chi connectivity index (χ2v) is 3.91. The van der Waals surface area contributed by atoms with E-state index in [4.69, 9.17) is 10.5 Å². The van der Waals surface area contributed by atoms with E-state index in [0.717, 1.165) is 11.3 Å². The summed E-state index contributed by atoms with van der Waals surface area (Å²) in [6.07, 6.45) is 1.20. The van der Waals surface area contributed by atoms with Gasteiger partial charge in [-0.05, 0) is 31.4 Å². The van der Waals surface area contributed by atoms with Crippen molar-refractivity contribution in [1.82, 2.24) is 0 Å². The summed E-state index contributed by atoms with van der Waals surface area (Å²) >= 11 is 2.63. The quantitative estimate of drug-likeness (QED) is 0.875. The van der Waals surface area contributed by atoms with Gasteiger partial charge in [-0.1, -0.05) is 18.2 Å². The normalized spacial score (nSPS) is 11.9. The van der Waals surface area contributed by atoms with Crippen LogP contribution in [0.4, 0.5) is 0 Å². The van der Waals surface area contributed by atoms with Crippen LogP contribution in [0.5, 0.6) is 5.75 Å². The lowest BCUT2D eigenvalue weighted by molar-refractivity contribution is -0.133. The summed E-state index contributed by atoms with van der Waals surface area (Å²) < 4.78 is 9.89. The summed E-state index contributed by atoms with van der Waals surface area (Å²) in [5.74, 6) is 0.383. The van der Waals surface area contributed by atoms with Crippen LogP contribution in [0.15, 0.2) is 24.3 Å². The van der Waals surface area contributed by atoms with Crippen molar-refractivity contribution in [2.75, 3.05) is 6.61 Å². The van der Waals surface area contributed by atoms with Gasteiger partial charge in [-0.2, -0.15) is 0 Å². The number of hydrogen-bond donors (Lipinski definition) is 1. The van der Waals surface area contributed by atoms with Crippen molar-refractivity contribution in [1.29, 1.82) is 0 Å². The van der Waals surface area contributed by atoms with Crippen molar-refractivity contribution in [2.45, 2.75) is 25.8 Å². The van der Waals surface area contributed by atoms with E-state index in [9.17, 15) is 4.79 Å². The fraction of sp³-hybridized carbons (Fsp3) is 0.417. The van der Waals surface area contributed by atoms with Crippen LogP contribution in [0, 0.1) is 0 Å². The van der Waals surface area contributed by atoms with Crippen molar-refractivity contribution in [3.63, 3.8) is 0 Å². The Bertz CT molecular complexity index is 371. The van der Waals surface area contributed by atoms with E-state index in [1.807, 2.05) is 31.2 Å². The maximum Gasteiger partial charge on any atom is 0.334 e. The van der Waals surface area contributed by atoms with Crippen molar-refractivity contribution < 1.29 is 13.4 Å². The summed E-state index contributed by atoms with van der Waals surface area (Å²) in [6.45, 7) is 2.55. The molecule has 0 aromatic heterocycles. The van der Waals surface area contributed by atoms with E-state index >= 15 is 0 Å². The molecule has 4 nitrogen and oxygen atoms in total. The van der Waals surface area contributed by atoms with Crippen LogP contribution in [-0.2, 0) is 15.0 Å². The van der Waals surface area contributed by atoms with Crippen molar-refractivity contribution in [3.05, 3.63) is 29.8 Å². The number of carbonyl (C=O) groups is 1. The lowest BCUT2D eigenvalue weighted by Crippen LogP contribution is -2.30. The van der Waals surface area contributed by atoms with Crippen LogP contribution in [0.3, 0.4) is 0 Å². The first kappa shape index (κ1) is 14.0. The molecule has 0 amide bonds. The first-order valence-electron chi connectivity index (χ1n) is 5.47. The van der Waals surface area contributed by atoms with Gasteiger partial charge in [-0.25, -0.2) is 4.79 Å². The molecule has 0 spiro atoms. The molecule has 1 aromatic rings. The number of ether oxygens (including phenoxy) is 1. The van der Waals surface area contributed by atoms with E-state index in [1.165, 1.54) is 0 Å². The molecule has 1 atom stereocenters. The Labute approximate surface area is 110 Å². The minimum Gasteiger partial charge on any atom is -0.494 e. The minimum absolute atomic E-state index is 0.459. The molecule has 1 unspecified atom stereocenters. The van der Waals surface area contributed by atoms with Gasteiger partial charge < -0.3 is 14.3 Å². The molecule has 1 aromatic carbocycles. The third-order valence-corrected chi connectivity index (χ3v) is 2.69. The van der Waals surface area contributed by atoms with Crippen LogP contribution in [0.25, 0.3) is 0 Å². The third kappa shape index (κ3) is 4.36. The predicted molar refractivity (Wildman–Crippen MR) is 68.9 cm³/mol. The highest BCUT2D eigenvalue weighted by atomic mass is 79.9. The molecule has 0 saturated heterocycles. The van der Waals surface area contributed by atoms with Crippen molar-refractivity contribution in [3.8, 4) is 5.75 Å². The van der Waals surface area contributed by atoms with Crippen molar-refractivity contribution in [2.24, 2.45) is 5.73 Å². The molecule has 5 heteroatoms. The predicted octanol–water partition coefficient (Wildman–Crippen LogP) is 2.20. The van der Waals surface area contributed by atoms with Gasteiger partial charge in [0.25, 0.3) is 0 Å². The second kappa shape index (κ2) is 7.29. The highest BCUT2D eigenvalue weighted by Crippen LogP contribution is 2.20. The Morgan fingerprint density at radius 3 is 2.82 bits per heavy atom. The number of para-hydroxylation sites is 1. The van der Waals surface area contributed by atoms with Gasteiger partial charge in [0.1, 0.15) is 11.8 Å². The topological polar surface area (TPSA) is 61.5 Å². The van der Waals surface area contributed by atoms with Crippen LogP contribution in [0.1, 0.15) is 18.9 Å². The Morgan fingerprint density at radius 1 is 1.47 bits per heavy atom. The van der Waals surface area contributed by atoms with Crippen LogP contribution in [0.2, 0.25) is 0 Å². The van der Waals surface area contributed by atoms with E-state index in [2.05, 4.69) is 20.1 Å². The molecule has 0 saturated carbocycles. The fourth-order valence-corrected chi connectivity index (χ4v) is 1.73. The summed E-state index contributed by atoms with van der Waals surface area (Å²) in [5.41, 5.74) is 6.70. The molecule has 0 radical (unpaired) electrons. The van der Waals surface area contributed by atoms with Gasteiger partial charge in [-0.3, -0.25) is 0 Å². The number of rotatable bonds is 6. The largest absolute Gasteiger partial charge is 0.494 e. The molecule has 0 bridgehead atoms. The number of nitrogens with two attached hydrogens (primary N) is 1. The number of halogens is 1. The zero-order chi connectivity index (χ0) is 12.7. The van der Waals surface area contributed by atoms with Gasteiger partial charge in [0.2, 0.25) is 0 Å². The molecule has 1 rings (SSSR count). The average Bonchev–Trinajstić information content (AvgIpc) is 2.36. The van der Waals surface area contributed by atoms with E-state index in [0.29, 0.717) is 19.4 Å². The molecular formula is C12H16BrNO3. The first-order chi connectivity index (χ1) is 8.19. The number of hydrogen-bond acceptors (Lipinski definition) is 4. The summed E-state index contributed by atoms with van der Waals surface area (Å²) in [6, 6.07) is 7.11. The van der Waals surface area contributed by atoms with Gasteiger partial charge in [0.05, 0.1) is 6.61 Å². The highest BCUT2D eigenvalue weighted by molar-refractivity contribution is 9.06. The van der Waals surface area contributed by atoms with Crippen LogP contribution >= 0.6 is 16.3 Å². The Kier molecular flexibility index (Phi) is 6.00. The van der Waals surface area contributed by atoms with E-state index < -0.39 is 12.0 Å². The highest BCUT2D eigenvalue weighted by Gasteiger charge is 2.15. The number of carbonyl (C=O) groups excluding carboxylic acids is 1. The standard InChI is InChI=1S/C12H16BrNO3/c1-2-16-11-6-4-3-5-9(11)7-8-10(14)12(15)17-13/h3-6,10H,2,7-8,14H2,1H3. The van der Waals surface area contributed by atoms with Gasteiger partial charge in [-0.15, -0.1) is 0 Å². The monoisotopic (exact) mass is 301 g/mol. The van der Waals surface area contributed by atoms with E-state index in [1.54, 1.807) is 0 Å². The lowest BCUT2D eigenvalue weighted by Gasteiger charge is -2.11. The Balaban J connectivity index is 2.59. The minimum atomic E-state index is -0.621. The van der Waals surface area contributed by atoms with Gasteiger partial charge in [0, 0.05) is 0 Å². The third-order valence-electron chi connectivity index (χ3n) is 2.38. The SMILES string of the molecule is CCOc1ccccc1CCC(N)C(=O)OBr. The molecule has 2 N–H and O–H groups in total. The van der Waals surface area contributed by atoms with Crippen LogP contribution in [-0.4, -0.2) is 18.6 Å².